The molecule has 0 unspecified atom stereocenters. The van der Waals surface area contributed by atoms with E-state index in [4.69, 9.17) is 9.97 Å². The Hall–Kier alpha value is -3.37. The minimum absolute atomic E-state index is 0.276. The monoisotopic (exact) mass is 499 g/mol. The summed E-state index contributed by atoms with van der Waals surface area (Å²) in [5, 5.41) is 7.17. The van der Waals surface area contributed by atoms with E-state index >= 15 is 0 Å². The van der Waals surface area contributed by atoms with Crippen molar-refractivity contribution in [1.82, 2.24) is 30.0 Å². The molecule has 36 heavy (non-hydrogen) atoms. The van der Waals surface area contributed by atoms with Crippen LogP contribution < -0.4 is 10.6 Å². The van der Waals surface area contributed by atoms with Crippen molar-refractivity contribution in [2.24, 2.45) is 0 Å². The molecule has 8 nitrogen and oxygen atoms in total. The quantitative estimate of drug-likeness (QED) is 0.379. The Kier molecular flexibility index (Phi) is 9.89. The normalized spacial score (nSPS) is 15.4. The largest absolute Gasteiger partial charge is 0.369 e. The lowest BCUT2D eigenvalue weighted by Gasteiger charge is -2.34. The van der Waals surface area contributed by atoms with Crippen LogP contribution in [0.2, 0.25) is 0 Å². The number of piperazine rings is 1. The second kappa shape index (κ2) is 13.1. The summed E-state index contributed by atoms with van der Waals surface area (Å²) in [5.41, 5.74) is 1.31. The summed E-state index contributed by atoms with van der Waals surface area (Å²) in [6, 6.07) is 7.71. The van der Waals surface area contributed by atoms with Gasteiger partial charge in [0.2, 0.25) is 0 Å². The molecule has 1 saturated heterocycles. The van der Waals surface area contributed by atoms with Crippen molar-refractivity contribution in [3.8, 4) is 0 Å². The highest BCUT2D eigenvalue weighted by molar-refractivity contribution is 5.89. The van der Waals surface area contributed by atoms with Gasteiger partial charge in [0.1, 0.15) is 11.6 Å². The van der Waals surface area contributed by atoms with Crippen molar-refractivity contribution < 1.29 is 13.6 Å². The van der Waals surface area contributed by atoms with Gasteiger partial charge < -0.3 is 20.4 Å². The Morgan fingerprint density at radius 1 is 1.14 bits per heavy atom. The Morgan fingerprint density at radius 3 is 2.56 bits per heavy atom. The maximum Gasteiger partial charge on any atom is 0.321 e. The predicted molar refractivity (Wildman–Crippen MR) is 140 cm³/mol. The highest BCUT2D eigenvalue weighted by Gasteiger charge is 2.22. The van der Waals surface area contributed by atoms with E-state index in [0.717, 1.165) is 48.1 Å². The second-order valence-electron chi connectivity index (χ2n) is 9.05. The summed E-state index contributed by atoms with van der Waals surface area (Å²) in [4.78, 5) is 28.2. The van der Waals surface area contributed by atoms with Gasteiger partial charge in [0.05, 0.1) is 12.1 Å². The van der Waals surface area contributed by atoms with E-state index in [1.807, 2.05) is 24.3 Å². The number of benzene rings is 1. The molecule has 2 heterocycles. The number of carbonyl (C=O) groups excluding carboxylic acids is 1. The van der Waals surface area contributed by atoms with Crippen LogP contribution in [0.25, 0.3) is 10.9 Å². The molecule has 0 radical (unpaired) electrons. The molecule has 10 heteroatoms. The van der Waals surface area contributed by atoms with Crippen molar-refractivity contribution in [2.45, 2.75) is 19.9 Å². The molecule has 1 aromatic heterocycles. The number of aromatic nitrogens is 2. The Labute approximate surface area is 211 Å². The van der Waals surface area contributed by atoms with Gasteiger partial charge in [0, 0.05) is 43.8 Å². The lowest BCUT2D eigenvalue weighted by atomic mass is 10.2. The van der Waals surface area contributed by atoms with Gasteiger partial charge in [-0.15, -0.1) is 0 Å². The maximum absolute atomic E-state index is 13.2. The molecule has 1 aliphatic rings. The highest BCUT2D eigenvalue weighted by Crippen LogP contribution is 2.21. The molecule has 1 fully saturated rings. The van der Waals surface area contributed by atoms with Gasteiger partial charge in [0.25, 0.3) is 0 Å². The molecule has 0 bridgehead atoms. The van der Waals surface area contributed by atoms with Gasteiger partial charge in [-0.2, -0.15) is 0 Å². The van der Waals surface area contributed by atoms with Crippen molar-refractivity contribution in [3.05, 3.63) is 66.2 Å². The second-order valence-corrected chi connectivity index (χ2v) is 9.05. The fraction of sp³-hybridized carbons (Fsp3) is 0.423. The number of para-hydroxylation sites is 1. The number of halogens is 2. The van der Waals surface area contributed by atoms with Crippen molar-refractivity contribution in [1.29, 1.82) is 0 Å². The molecule has 1 aliphatic heterocycles. The molecular formula is C26H35F2N7O. The van der Waals surface area contributed by atoms with Crippen LogP contribution in [0.5, 0.6) is 0 Å². The molecule has 0 aliphatic carbocycles. The van der Waals surface area contributed by atoms with Gasteiger partial charge >= 0.3 is 6.03 Å². The van der Waals surface area contributed by atoms with Gasteiger partial charge in [0.15, 0.2) is 11.7 Å². The van der Waals surface area contributed by atoms with Crippen molar-refractivity contribution in [2.75, 3.05) is 58.7 Å². The number of anilines is 1. The summed E-state index contributed by atoms with van der Waals surface area (Å²) in [6.07, 6.45) is 3.25. The van der Waals surface area contributed by atoms with Crippen LogP contribution in [0.1, 0.15) is 19.2 Å². The maximum atomic E-state index is 13.2. The molecule has 0 atom stereocenters. The van der Waals surface area contributed by atoms with Crippen LogP contribution in [-0.4, -0.2) is 84.1 Å². The average molecular weight is 500 g/mol. The van der Waals surface area contributed by atoms with Crippen LogP contribution >= 0.6 is 0 Å². The Balaban J connectivity index is 1.57. The van der Waals surface area contributed by atoms with Crippen LogP contribution in [0, 0.1) is 0 Å². The standard InChI is InChI=1S/C26H35F2N7O/c1-19(10-11-22(28)20(2)27)30-26(36)35-16-14-34(15-17-35)18-24-31-23-9-6-5-8-21(23)25(32-24)29-12-7-13-33(3)4/h5-6,8-11H,2,7,12-18H2,1,3-4H3,(H,30,36)(H,29,31,32)/b19-10+,22-11+. The highest BCUT2D eigenvalue weighted by atomic mass is 19.2. The molecule has 1 aromatic carbocycles. The number of nitrogens with zero attached hydrogens (tertiary/aromatic N) is 5. The lowest BCUT2D eigenvalue weighted by Crippen LogP contribution is -2.51. The number of amides is 2. The third-order valence-corrected chi connectivity index (χ3v) is 5.79. The molecular weight excluding hydrogens is 464 g/mol. The number of fused-ring (bicyclic) bond motifs is 1. The fourth-order valence-corrected chi connectivity index (χ4v) is 3.82. The molecule has 194 valence electrons. The van der Waals surface area contributed by atoms with Crippen LogP contribution in [0.15, 0.2) is 60.3 Å². The Bertz CT molecular complexity index is 1120. The third-order valence-electron chi connectivity index (χ3n) is 5.79. The van der Waals surface area contributed by atoms with E-state index in [1.54, 1.807) is 11.8 Å². The van der Waals surface area contributed by atoms with Gasteiger partial charge in [-0.1, -0.05) is 18.7 Å². The average Bonchev–Trinajstić information content (AvgIpc) is 2.85. The zero-order valence-corrected chi connectivity index (χ0v) is 21.2. The van der Waals surface area contributed by atoms with E-state index in [2.05, 4.69) is 41.1 Å². The minimum atomic E-state index is -1.15. The molecule has 2 amide bonds. The summed E-state index contributed by atoms with van der Waals surface area (Å²) < 4.78 is 25.9. The molecule has 2 aromatic rings. The first-order chi connectivity index (χ1) is 17.2. The van der Waals surface area contributed by atoms with Crippen LogP contribution in [0.3, 0.4) is 0 Å². The fourth-order valence-electron chi connectivity index (χ4n) is 3.82. The number of hydrogen-bond acceptors (Lipinski definition) is 6. The van der Waals surface area contributed by atoms with Crippen LogP contribution in [-0.2, 0) is 6.54 Å². The topological polar surface area (TPSA) is 76.6 Å². The third kappa shape index (κ3) is 8.10. The van der Waals surface area contributed by atoms with Gasteiger partial charge in [-0.05, 0) is 58.3 Å². The van der Waals surface area contributed by atoms with Gasteiger partial charge in [-0.3, -0.25) is 4.90 Å². The Morgan fingerprint density at radius 2 is 1.86 bits per heavy atom. The number of rotatable bonds is 10. The molecule has 3 rings (SSSR count). The lowest BCUT2D eigenvalue weighted by molar-refractivity contribution is 0.135. The minimum Gasteiger partial charge on any atom is -0.369 e. The zero-order valence-electron chi connectivity index (χ0n) is 21.2. The first-order valence-corrected chi connectivity index (χ1v) is 12.0. The number of hydrogen-bond donors (Lipinski definition) is 2. The van der Waals surface area contributed by atoms with E-state index in [1.165, 1.54) is 6.08 Å². The predicted octanol–water partition coefficient (Wildman–Crippen LogP) is 4.06. The zero-order chi connectivity index (χ0) is 26.1. The van der Waals surface area contributed by atoms with Gasteiger partial charge in [-0.25, -0.2) is 23.5 Å². The smallest absolute Gasteiger partial charge is 0.321 e. The molecule has 2 N–H and O–H groups in total. The van der Waals surface area contributed by atoms with E-state index < -0.39 is 11.7 Å². The number of allylic oxidation sites excluding steroid dienone is 5. The van der Waals surface area contributed by atoms with Crippen molar-refractivity contribution >= 4 is 22.8 Å². The van der Waals surface area contributed by atoms with Crippen molar-refractivity contribution in [3.63, 3.8) is 0 Å². The SMILES string of the molecule is C=C(F)/C(F)=C\C=C(/C)NC(=O)N1CCN(Cc2nc(NCCCN(C)C)c3ccccc3n2)CC1. The molecule has 0 saturated carbocycles. The summed E-state index contributed by atoms with van der Waals surface area (Å²) in [6.45, 7) is 9.33. The van der Waals surface area contributed by atoms with E-state index in [9.17, 15) is 13.6 Å². The first-order valence-electron chi connectivity index (χ1n) is 12.0. The number of carbonyl (C=O) groups is 1. The van der Waals surface area contributed by atoms with Crippen LogP contribution in [0.4, 0.5) is 19.4 Å². The number of urea groups is 1. The summed E-state index contributed by atoms with van der Waals surface area (Å²) in [5.74, 6) is -0.635. The summed E-state index contributed by atoms with van der Waals surface area (Å²) >= 11 is 0. The number of nitrogens with one attached hydrogen (secondary N) is 2. The molecule has 0 spiro atoms. The summed E-state index contributed by atoms with van der Waals surface area (Å²) in [7, 11) is 4.12. The van der Waals surface area contributed by atoms with E-state index in [0.29, 0.717) is 38.4 Å². The first kappa shape index (κ1) is 27.2. The van der Waals surface area contributed by atoms with E-state index in [-0.39, 0.29) is 6.03 Å².